The van der Waals surface area contributed by atoms with Gasteiger partial charge in [-0.3, -0.25) is 4.79 Å². The molecule has 1 aliphatic carbocycles. The van der Waals surface area contributed by atoms with Crippen LogP contribution < -0.4 is 0 Å². The van der Waals surface area contributed by atoms with Gasteiger partial charge >= 0.3 is 5.97 Å². The fourth-order valence-electron chi connectivity index (χ4n) is 3.92. The number of ether oxygens (including phenoxy) is 2. The van der Waals surface area contributed by atoms with Gasteiger partial charge < -0.3 is 19.7 Å². The fraction of sp³-hybridized carbons (Fsp3) is 0.842. The predicted molar refractivity (Wildman–Crippen MR) is 91.6 cm³/mol. The minimum atomic E-state index is -0.753. The van der Waals surface area contributed by atoms with Crippen LogP contribution in [-0.4, -0.2) is 41.8 Å². The number of aliphatic carboxylic acids is 1. The Morgan fingerprint density at radius 1 is 1.29 bits per heavy atom. The molecule has 1 heterocycles. The number of aliphatic hydroxyl groups excluding tert-OH is 1. The Morgan fingerprint density at radius 3 is 2.75 bits per heavy atom. The van der Waals surface area contributed by atoms with Crippen LogP contribution in [0.25, 0.3) is 0 Å². The van der Waals surface area contributed by atoms with Crippen LogP contribution in [0, 0.1) is 11.8 Å². The normalized spacial score (nSPS) is 31.3. The first-order valence-corrected chi connectivity index (χ1v) is 9.41. The van der Waals surface area contributed by atoms with Crippen LogP contribution in [0.3, 0.4) is 0 Å². The number of carboxylic acid groups (broad SMARTS) is 1. The van der Waals surface area contributed by atoms with E-state index in [1.165, 1.54) is 5.57 Å². The lowest BCUT2D eigenvalue weighted by Crippen LogP contribution is -2.33. The number of carbonyl (C=O) groups is 1. The number of rotatable bonds is 9. The van der Waals surface area contributed by atoms with Crippen LogP contribution in [0.2, 0.25) is 0 Å². The number of hydrogen-bond acceptors (Lipinski definition) is 4. The molecule has 0 bridgehead atoms. The second-order valence-electron chi connectivity index (χ2n) is 7.01. The van der Waals surface area contributed by atoms with Crippen molar-refractivity contribution in [3.8, 4) is 0 Å². The highest BCUT2D eigenvalue weighted by Gasteiger charge is 2.38. The molecular weight excluding hydrogens is 308 g/mol. The third-order valence-corrected chi connectivity index (χ3v) is 5.35. The zero-order valence-electron chi connectivity index (χ0n) is 14.8. The SMILES string of the molecule is CC/C(=C/CCC(=O)O)C[C@H]1CC[C@@H](OC2CCCCO2)[C@@H]1CO. The summed E-state index contributed by atoms with van der Waals surface area (Å²) < 4.78 is 11.8. The Labute approximate surface area is 145 Å². The number of carboxylic acids is 1. The monoisotopic (exact) mass is 340 g/mol. The van der Waals surface area contributed by atoms with Crippen molar-refractivity contribution >= 4 is 5.97 Å². The van der Waals surface area contributed by atoms with Crippen molar-refractivity contribution in [2.45, 2.75) is 77.1 Å². The number of allylic oxidation sites excluding steroid dienone is 2. The van der Waals surface area contributed by atoms with Gasteiger partial charge in [-0.05, 0) is 57.3 Å². The van der Waals surface area contributed by atoms with E-state index in [9.17, 15) is 9.90 Å². The van der Waals surface area contributed by atoms with E-state index in [2.05, 4.69) is 13.0 Å². The van der Waals surface area contributed by atoms with Crippen LogP contribution in [-0.2, 0) is 14.3 Å². The zero-order valence-corrected chi connectivity index (χ0v) is 14.8. The lowest BCUT2D eigenvalue weighted by atomic mass is 9.88. The van der Waals surface area contributed by atoms with Gasteiger partial charge in [-0.1, -0.05) is 18.6 Å². The molecule has 2 aliphatic rings. The highest BCUT2D eigenvalue weighted by molar-refractivity contribution is 5.66. The Morgan fingerprint density at radius 2 is 2.12 bits per heavy atom. The molecule has 0 radical (unpaired) electrons. The summed E-state index contributed by atoms with van der Waals surface area (Å²) in [5.74, 6) is -0.179. The molecule has 2 N–H and O–H groups in total. The Hall–Kier alpha value is -0.910. The summed E-state index contributed by atoms with van der Waals surface area (Å²) in [5.41, 5.74) is 1.30. The molecule has 1 saturated carbocycles. The molecule has 4 atom stereocenters. The maximum absolute atomic E-state index is 10.7. The van der Waals surface area contributed by atoms with Gasteiger partial charge in [0.1, 0.15) is 0 Å². The van der Waals surface area contributed by atoms with Crippen LogP contribution in [0.5, 0.6) is 0 Å². The molecule has 1 saturated heterocycles. The number of hydrogen-bond donors (Lipinski definition) is 2. The molecule has 0 aromatic carbocycles. The largest absolute Gasteiger partial charge is 0.481 e. The summed E-state index contributed by atoms with van der Waals surface area (Å²) in [6.07, 6.45) is 9.93. The van der Waals surface area contributed by atoms with Crippen molar-refractivity contribution in [1.29, 1.82) is 0 Å². The fourth-order valence-corrected chi connectivity index (χ4v) is 3.92. The average Bonchev–Trinajstić information content (AvgIpc) is 2.95. The van der Waals surface area contributed by atoms with Gasteiger partial charge in [-0.15, -0.1) is 0 Å². The van der Waals surface area contributed by atoms with Gasteiger partial charge in [0.05, 0.1) is 6.10 Å². The molecule has 0 spiro atoms. The van der Waals surface area contributed by atoms with Gasteiger partial charge in [0.15, 0.2) is 6.29 Å². The minimum absolute atomic E-state index is 0.0835. The van der Waals surface area contributed by atoms with Gasteiger partial charge in [0.2, 0.25) is 0 Å². The molecular formula is C19H32O5. The maximum Gasteiger partial charge on any atom is 0.303 e. The summed E-state index contributed by atoms with van der Waals surface area (Å²) in [6.45, 7) is 3.03. The maximum atomic E-state index is 10.7. The van der Waals surface area contributed by atoms with E-state index in [0.717, 1.165) is 51.6 Å². The summed E-state index contributed by atoms with van der Waals surface area (Å²) in [6, 6.07) is 0. The van der Waals surface area contributed by atoms with Crippen molar-refractivity contribution in [3.63, 3.8) is 0 Å². The molecule has 0 aromatic heterocycles. The summed E-state index contributed by atoms with van der Waals surface area (Å²) in [4.78, 5) is 10.7. The van der Waals surface area contributed by atoms with E-state index < -0.39 is 5.97 Å². The first-order chi connectivity index (χ1) is 11.6. The lowest BCUT2D eigenvalue weighted by Gasteiger charge is -2.30. The van der Waals surface area contributed by atoms with E-state index in [4.69, 9.17) is 14.6 Å². The Bertz CT molecular complexity index is 414. The number of aliphatic hydroxyl groups is 1. The van der Waals surface area contributed by atoms with E-state index in [1.807, 2.05) is 0 Å². The summed E-state index contributed by atoms with van der Waals surface area (Å²) >= 11 is 0. The average molecular weight is 340 g/mol. The molecule has 24 heavy (non-hydrogen) atoms. The molecule has 5 heteroatoms. The highest BCUT2D eigenvalue weighted by atomic mass is 16.7. The minimum Gasteiger partial charge on any atom is -0.481 e. The molecule has 2 rings (SSSR count). The van der Waals surface area contributed by atoms with E-state index in [0.29, 0.717) is 12.3 Å². The highest BCUT2D eigenvalue weighted by Crippen LogP contribution is 2.39. The molecule has 1 unspecified atom stereocenters. The topological polar surface area (TPSA) is 76.0 Å². The standard InChI is InChI=1S/C19H32O5/c1-2-14(6-5-7-18(21)22)12-15-9-10-17(16(15)13-20)24-19-8-3-4-11-23-19/h6,15-17,19-20H,2-5,7-13H2,1H3,(H,21,22)/b14-6-/t15-,16-,17-,19?/m1/s1. The molecule has 0 amide bonds. The van der Waals surface area contributed by atoms with E-state index >= 15 is 0 Å². The van der Waals surface area contributed by atoms with Gasteiger partial charge in [-0.25, -0.2) is 0 Å². The van der Waals surface area contributed by atoms with Gasteiger partial charge in [0, 0.05) is 25.6 Å². The first-order valence-electron chi connectivity index (χ1n) is 9.41. The van der Waals surface area contributed by atoms with E-state index in [-0.39, 0.29) is 31.3 Å². The second kappa shape index (κ2) is 10.2. The molecule has 5 nitrogen and oxygen atoms in total. The van der Waals surface area contributed by atoms with Crippen LogP contribution in [0.15, 0.2) is 11.6 Å². The third-order valence-electron chi connectivity index (χ3n) is 5.35. The predicted octanol–water partition coefficient (Wildman–Crippen LogP) is 3.51. The smallest absolute Gasteiger partial charge is 0.303 e. The van der Waals surface area contributed by atoms with Crippen LogP contribution >= 0.6 is 0 Å². The summed E-state index contributed by atoms with van der Waals surface area (Å²) in [7, 11) is 0. The summed E-state index contributed by atoms with van der Waals surface area (Å²) in [5, 5.41) is 18.6. The van der Waals surface area contributed by atoms with Crippen molar-refractivity contribution in [2.24, 2.45) is 11.8 Å². The first kappa shape index (κ1) is 19.4. The zero-order chi connectivity index (χ0) is 17.4. The lowest BCUT2D eigenvalue weighted by molar-refractivity contribution is -0.197. The van der Waals surface area contributed by atoms with Crippen molar-refractivity contribution in [2.75, 3.05) is 13.2 Å². The Kier molecular flexibility index (Phi) is 8.22. The molecule has 138 valence electrons. The molecule has 1 aliphatic heterocycles. The second-order valence-corrected chi connectivity index (χ2v) is 7.01. The van der Waals surface area contributed by atoms with Crippen molar-refractivity contribution in [1.82, 2.24) is 0 Å². The van der Waals surface area contributed by atoms with Crippen LogP contribution in [0.4, 0.5) is 0 Å². The molecule has 0 aromatic rings. The quantitative estimate of drug-likeness (QED) is 0.628. The third kappa shape index (κ3) is 5.87. The molecule has 2 fully saturated rings. The van der Waals surface area contributed by atoms with Crippen molar-refractivity contribution in [3.05, 3.63) is 11.6 Å². The Balaban J connectivity index is 1.86. The van der Waals surface area contributed by atoms with E-state index in [1.54, 1.807) is 0 Å². The van der Waals surface area contributed by atoms with Crippen LogP contribution in [0.1, 0.15) is 64.7 Å². The van der Waals surface area contributed by atoms with Gasteiger partial charge in [-0.2, -0.15) is 0 Å². The van der Waals surface area contributed by atoms with Gasteiger partial charge in [0.25, 0.3) is 0 Å². The van der Waals surface area contributed by atoms with Crippen molar-refractivity contribution < 1.29 is 24.5 Å².